The third-order valence-corrected chi connectivity index (χ3v) is 5.65. The first kappa shape index (κ1) is 17.6. The summed E-state index contributed by atoms with van der Waals surface area (Å²) in [5.41, 5.74) is 2.87. The molecule has 3 aromatic rings. The summed E-state index contributed by atoms with van der Waals surface area (Å²) in [6.07, 6.45) is 0. The van der Waals surface area contributed by atoms with E-state index in [0.717, 1.165) is 21.2 Å². The normalized spacial score (nSPS) is 11.9. The number of halogens is 1. The molecule has 0 aliphatic rings. The second kappa shape index (κ2) is 8.27. The lowest BCUT2D eigenvalue weighted by atomic mass is 10.1. The quantitative estimate of drug-likeness (QED) is 0.625. The third kappa shape index (κ3) is 4.90. The fourth-order valence-electron chi connectivity index (χ4n) is 2.31. The van der Waals surface area contributed by atoms with Crippen molar-refractivity contribution < 1.29 is 9.18 Å². The van der Waals surface area contributed by atoms with E-state index in [1.54, 1.807) is 12.1 Å². The first-order valence-electron chi connectivity index (χ1n) is 7.80. The summed E-state index contributed by atoms with van der Waals surface area (Å²) in [5.74, 6) is -0.0538. The first-order valence-corrected chi connectivity index (χ1v) is 9.67. The van der Waals surface area contributed by atoms with E-state index in [1.165, 1.54) is 35.2 Å². The molecule has 1 aromatic heterocycles. The molecule has 0 spiro atoms. The lowest BCUT2D eigenvalue weighted by Crippen LogP contribution is -2.28. The molecule has 128 valence electrons. The molecular weight excluding hydrogens is 355 g/mol. The predicted molar refractivity (Wildman–Crippen MR) is 101 cm³/mol. The second-order valence-corrected chi connectivity index (χ2v) is 7.57. The van der Waals surface area contributed by atoms with Crippen molar-refractivity contribution >= 4 is 29.0 Å². The number of aromatic nitrogens is 1. The molecule has 0 fully saturated rings. The highest BCUT2D eigenvalue weighted by atomic mass is 32.2. The number of rotatable bonds is 6. The van der Waals surface area contributed by atoms with E-state index in [1.807, 2.05) is 42.6 Å². The number of carbonyl (C=O) groups is 1. The molecule has 6 heteroatoms. The average Bonchev–Trinajstić information content (AvgIpc) is 3.10. The van der Waals surface area contributed by atoms with Gasteiger partial charge in [-0.05, 0) is 24.6 Å². The molecule has 1 atom stereocenters. The summed E-state index contributed by atoms with van der Waals surface area (Å²) in [6.45, 7) is 1.88. The summed E-state index contributed by atoms with van der Waals surface area (Å²) in [4.78, 5) is 16.7. The Morgan fingerprint density at radius 2 is 1.92 bits per heavy atom. The molecule has 3 rings (SSSR count). The first-order chi connectivity index (χ1) is 12.1. The van der Waals surface area contributed by atoms with Crippen LogP contribution in [0, 0.1) is 5.82 Å². The average molecular weight is 372 g/mol. The summed E-state index contributed by atoms with van der Waals surface area (Å²) in [5, 5.41) is 4.92. The van der Waals surface area contributed by atoms with Gasteiger partial charge in [-0.3, -0.25) is 4.79 Å². The zero-order valence-corrected chi connectivity index (χ0v) is 15.2. The Hall–Kier alpha value is -2.18. The highest BCUT2D eigenvalue weighted by Crippen LogP contribution is 2.28. The van der Waals surface area contributed by atoms with Crippen LogP contribution in [0.4, 0.5) is 4.39 Å². The second-order valence-electron chi connectivity index (χ2n) is 5.49. The van der Waals surface area contributed by atoms with Gasteiger partial charge in [0.2, 0.25) is 5.91 Å². The maximum atomic E-state index is 12.9. The van der Waals surface area contributed by atoms with Crippen LogP contribution >= 0.6 is 23.1 Å². The number of nitrogens with zero attached hydrogens (tertiary/aromatic N) is 1. The summed E-state index contributed by atoms with van der Waals surface area (Å²) in [7, 11) is 0. The SMILES string of the molecule is C[C@H](NC(=O)CSc1nc(-c2ccccc2)cs1)c1ccc(F)cc1. The number of carbonyl (C=O) groups excluding carboxylic acids is 1. The van der Waals surface area contributed by atoms with Crippen LogP contribution in [0.25, 0.3) is 11.3 Å². The third-order valence-electron chi connectivity index (χ3n) is 3.63. The van der Waals surface area contributed by atoms with Crippen LogP contribution in [0.3, 0.4) is 0 Å². The van der Waals surface area contributed by atoms with Crippen LogP contribution in [-0.2, 0) is 4.79 Å². The van der Waals surface area contributed by atoms with Crippen LogP contribution in [0.1, 0.15) is 18.5 Å². The maximum Gasteiger partial charge on any atom is 0.230 e. The highest BCUT2D eigenvalue weighted by Gasteiger charge is 2.12. The van der Waals surface area contributed by atoms with Crippen molar-refractivity contribution in [3.63, 3.8) is 0 Å². The van der Waals surface area contributed by atoms with E-state index < -0.39 is 0 Å². The standard InChI is InChI=1S/C19H17FN2OS2/c1-13(14-7-9-16(20)10-8-14)21-18(23)12-25-19-22-17(11-24-19)15-5-3-2-4-6-15/h2-11,13H,12H2,1H3,(H,21,23)/t13-/m0/s1. The summed E-state index contributed by atoms with van der Waals surface area (Å²) in [6, 6.07) is 15.9. The van der Waals surface area contributed by atoms with Crippen LogP contribution < -0.4 is 5.32 Å². The number of amides is 1. The van der Waals surface area contributed by atoms with Crippen molar-refractivity contribution in [3.8, 4) is 11.3 Å². The fourth-order valence-corrected chi connectivity index (χ4v) is 3.96. The zero-order valence-electron chi connectivity index (χ0n) is 13.6. The number of benzene rings is 2. The van der Waals surface area contributed by atoms with Gasteiger partial charge in [-0.2, -0.15) is 0 Å². The molecule has 0 saturated carbocycles. The fraction of sp³-hybridized carbons (Fsp3) is 0.158. The lowest BCUT2D eigenvalue weighted by molar-refractivity contribution is -0.119. The van der Waals surface area contributed by atoms with Gasteiger partial charge in [-0.25, -0.2) is 9.37 Å². The van der Waals surface area contributed by atoms with E-state index >= 15 is 0 Å². The van der Waals surface area contributed by atoms with Gasteiger partial charge < -0.3 is 5.32 Å². The van der Waals surface area contributed by atoms with E-state index in [4.69, 9.17) is 0 Å². The molecule has 0 saturated heterocycles. The van der Waals surface area contributed by atoms with Gasteiger partial charge >= 0.3 is 0 Å². The maximum absolute atomic E-state index is 12.9. The molecule has 0 aliphatic carbocycles. The minimum Gasteiger partial charge on any atom is -0.349 e. The Bertz CT molecular complexity index is 834. The Labute approximate surface area is 154 Å². The molecule has 0 unspecified atom stereocenters. The van der Waals surface area contributed by atoms with Crippen molar-refractivity contribution in [2.24, 2.45) is 0 Å². The topological polar surface area (TPSA) is 42.0 Å². The lowest BCUT2D eigenvalue weighted by Gasteiger charge is -2.13. The van der Waals surface area contributed by atoms with E-state index in [9.17, 15) is 9.18 Å². The molecule has 1 N–H and O–H groups in total. The van der Waals surface area contributed by atoms with Gasteiger partial charge in [-0.15, -0.1) is 11.3 Å². The summed E-state index contributed by atoms with van der Waals surface area (Å²) >= 11 is 2.95. The van der Waals surface area contributed by atoms with Gasteiger partial charge in [0.05, 0.1) is 17.5 Å². The van der Waals surface area contributed by atoms with Crippen molar-refractivity contribution in [2.75, 3.05) is 5.75 Å². The highest BCUT2D eigenvalue weighted by molar-refractivity contribution is 8.01. The smallest absolute Gasteiger partial charge is 0.230 e. The van der Waals surface area contributed by atoms with Crippen molar-refractivity contribution in [1.82, 2.24) is 10.3 Å². The Morgan fingerprint density at radius 1 is 1.20 bits per heavy atom. The molecule has 2 aromatic carbocycles. The molecule has 0 bridgehead atoms. The van der Waals surface area contributed by atoms with Gasteiger partial charge in [0.15, 0.2) is 4.34 Å². The number of hydrogen-bond acceptors (Lipinski definition) is 4. The molecule has 0 radical (unpaired) electrons. The van der Waals surface area contributed by atoms with Crippen LogP contribution in [-0.4, -0.2) is 16.6 Å². The number of hydrogen-bond donors (Lipinski definition) is 1. The molecule has 1 heterocycles. The predicted octanol–water partition coefficient (Wildman–Crippen LogP) is 4.92. The number of thioether (sulfide) groups is 1. The molecule has 25 heavy (non-hydrogen) atoms. The van der Waals surface area contributed by atoms with Crippen molar-refractivity contribution in [2.45, 2.75) is 17.3 Å². The largest absolute Gasteiger partial charge is 0.349 e. The molecular formula is C19H17FN2OS2. The van der Waals surface area contributed by atoms with Gasteiger partial charge in [0, 0.05) is 10.9 Å². The van der Waals surface area contributed by atoms with Gasteiger partial charge in [0.1, 0.15) is 5.82 Å². The minimum atomic E-state index is -0.282. The van der Waals surface area contributed by atoms with Crippen molar-refractivity contribution in [3.05, 3.63) is 71.4 Å². The Balaban J connectivity index is 1.52. The van der Waals surface area contributed by atoms with E-state index in [2.05, 4.69) is 10.3 Å². The number of thiazole rings is 1. The molecule has 3 nitrogen and oxygen atoms in total. The Kier molecular flexibility index (Phi) is 5.83. The van der Waals surface area contributed by atoms with Gasteiger partial charge in [0.25, 0.3) is 0 Å². The zero-order chi connectivity index (χ0) is 17.6. The Morgan fingerprint density at radius 3 is 2.64 bits per heavy atom. The monoisotopic (exact) mass is 372 g/mol. The summed E-state index contributed by atoms with van der Waals surface area (Å²) < 4.78 is 13.8. The van der Waals surface area contributed by atoms with Crippen LogP contribution in [0.5, 0.6) is 0 Å². The van der Waals surface area contributed by atoms with E-state index in [-0.39, 0.29) is 17.8 Å². The van der Waals surface area contributed by atoms with Crippen LogP contribution in [0.2, 0.25) is 0 Å². The van der Waals surface area contributed by atoms with Crippen molar-refractivity contribution in [1.29, 1.82) is 0 Å². The minimum absolute atomic E-state index is 0.0710. The van der Waals surface area contributed by atoms with E-state index in [0.29, 0.717) is 5.75 Å². The number of nitrogens with one attached hydrogen (secondary N) is 1. The van der Waals surface area contributed by atoms with Gasteiger partial charge in [-0.1, -0.05) is 54.2 Å². The molecule has 1 amide bonds. The molecule has 0 aliphatic heterocycles. The van der Waals surface area contributed by atoms with Crippen LogP contribution in [0.15, 0.2) is 64.3 Å².